The molecule has 2 nitrogen and oxygen atoms in total. The molecule has 0 atom stereocenters. The van der Waals surface area contributed by atoms with E-state index in [0.717, 1.165) is 44.4 Å². The summed E-state index contributed by atoms with van der Waals surface area (Å²) in [6, 6.07) is 28.7. The van der Waals surface area contributed by atoms with Gasteiger partial charge in [0.05, 0.1) is 0 Å². The van der Waals surface area contributed by atoms with Crippen molar-refractivity contribution in [2.24, 2.45) is 0 Å². The molecule has 0 fully saturated rings. The van der Waals surface area contributed by atoms with Gasteiger partial charge in [-0.05, 0) is 46.5 Å². The van der Waals surface area contributed by atoms with Gasteiger partial charge in [0.2, 0.25) is 0 Å². The first-order chi connectivity index (χ1) is 11.7. The molecule has 0 heterocycles. The second-order valence-corrected chi connectivity index (χ2v) is 5.96. The van der Waals surface area contributed by atoms with Gasteiger partial charge in [-0.1, -0.05) is 60.7 Å². The maximum Gasteiger partial charge on any atom is 0.0400 e. The highest BCUT2D eigenvalue weighted by Crippen LogP contribution is 2.36. The van der Waals surface area contributed by atoms with Crippen molar-refractivity contribution in [1.29, 1.82) is 0 Å². The predicted octanol–water partition coefficient (Wildman–Crippen LogP) is 5.34. The summed E-state index contributed by atoms with van der Waals surface area (Å²) in [7, 11) is 0. The third-order valence-corrected chi connectivity index (χ3v) is 4.35. The normalized spacial score (nSPS) is 10.8. The van der Waals surface area contributed by atoms with Gasteiger partial charge < -0.3 is 11.5 Å². The Kier molecular flexibility index (Phi) is 3.43. The first kappa shape index (κ1) is 14.3. The van der Waals surface area contributed by atoms with Crippen molar-refractivity contribution in [3.05, 3.63) is 84.9 Å². The average Bonchev–Trinajstić information content (AvgIpc) is 2.63. The Morgan fingerprint density at radius 1 is 0.417 bits per heavy atom. The molecule has 0 aliphatic rings. The van der Waals surface area contributed by atoms with Crippen LogP contribution in [0.1, 0.15) is 0 Å². The van der Waals surface area contributed by atoms with Gasteiger partial charge in [0.25, 0.3) is 0 Å². The van der Waals surface area contributed by atoms with E-state index in [1.807, 2.05) is 48.5 Å². The van der Waals surface area contributed by atoms with Crippen LogP contribution in [-0.4, -0.2) is 0 Å². The number of anilines is 2. The maximum absolute atomic E-state index is 6.35. The van der Waals surface area contributed by atoms with Crippen LogP contribution in [0.2, 0.25) is 0 Å². The van der Waals surface area contributed by atoms with E-state index in [2.05, 4.69) is 36.4 Å². The van der Waals surface area contributed by atoms with E-state index in [1.165, 1.54) is 0 Å². The van der Waals surface area contributed by atoms with Crippen LogP contribution in [0.15, 0.2) is 84.9 Å². The SMILES string of the molecule is Nc1cc(-c2ccccc2)cc2c(N)cc(-c3ccccc3)cc12. The number of nitrogen functional groups attached to an aromatic ring is 2. The quantitative estimate of drug-likeness (QED) is 0.491. The molecule has 0 saturated carbocycles. The highest BCUT2D eigenvalue weighted by molar-refractivity contribution is 6.05. The molecule has 0 amide bonds. The molecule has 4 N–H and O–H groups in total. The Balaban J connectivity index is 1.93. The van der Waals surface area contributed by atoms with Crippen molar-refractivity contribution in [1.82, 2.24) is 0 Å². The lowest BCUT2D eigenvalue weighted by atomic mass is 9.95. The molecule has 4 rings (SSSR count). The Labute approximate surface area is 141 Å². The summed E-state index contributed by atoms with van der Waals surface area (Å²) in [6.45, 7) is 0. The largest absolute Gasteiger partial charge is 0.398 e. The minimum absolute atomic E-state index is 0.746. The van der Waals surface area contributed by atoms with E-state index < -0.39 is 0 Å². The van der Waals surface area contributed by atoms with Gasteiger partial charge in [-0.15, -0.1) is 0 Å². The van der Waals surface area contributed by atoms with Crippen LogP contribution in [0.3, 0.4) is 0 Å². The lowest BCUT2D eigenvalue weighted by Gasteiger charge is -2.12. The van der Waals surface area contributed by atoms with Gasteiger partial charge in [0, 0.05) is 22.1 Å². The zero-order valence-electron chi connectivity index (χ0n) is 13.2. The summed E-state index contributed by atoms with van der Waals surface area (Å²) >= 11 is 0. The van der Waals surface area contributed by atoms with Crippen molar-refractivity contribution in [3.8, 4) is 22.3 Å². The minimum atomic E-state index is 0.746. The van der Waals surface area contributed by atoms with Crippen molar-refractivity contribution >= 4 is 22.1 Å². The lowest BCUT2D eigenvalue weighted by Crippen LogP contribution is -1.94. The number of fused-ring (bicyclic) bond motifs is 1. The molecule has 0 aromatic heterocycles. The molecule has 0 spiro atoms. The van der Waals surface area contributed by atoms with Crippen molar-refractivity contribution in [2.75, 3.05) is 11.5 Å². The molecule has 2 heteroatoms. The van der Waals surface area contributed by atoms with Crippen LogP contribution in [0.5, 0.6) is 0 Å². The monoisotopic (exact) mass is 310 g/mol. The van der Waals surface area contributed by atoms with Crippen molar-refractivity contribution in [3.63, 3.8) is 0 Å². The molecule has 4 aromatic rings. The molecule has 0 saturated heterocycles. The first-order valence-electron chi connectivity index (χ1n) is 7.96. The number of rotatable bonds is 2. The van der Waals surface area contributed by atoms with Crippen LogP contribution in [0.4, 0.5) is 11.4 Å². The highest BCUT2D eigenvalue weighted by atomic mass is 14.6. The van der Waals surface area contributed by atoms with Gasteiger partial charge in [-0.2, -0.15) is 0 Å². The summed E-state index contributed by atoms with van der Waals surface area (Å²) in [4.78, 5) is 0. The van der Waals surface area contributed by atoms with Gasteiger partial charge in [-0.3, -0.25) is 0 Å². The molecule has 0 radical (unpaired) electrons. The molecule has 4 aromatic carbocycles. The summed E-state index contributed by atoms with van der Waals surface area (Å²) in [5.41, 5.74) is 18.6. The first-order valence-corrected chi connectivity index (χ1v) is 7.96. The van der Waals surface area contributed by atoms with Gasteiger partial charge in [0.1, 0.15) is 0 Å². The third-order valence-electron chi connectivity index (χ3n) is 4.35. The topological polar surface area (TPSA) is 52.0 Å². The summed E-state index contributed by atoms with van der Waals surface area (Å²) in [6.07, 6.45) is 0. The molecule has 0 unspecified atom stereocenters. The van der Waals surface area contributed by atoms with Gasteiger partial charge >= 0.3 is 0 Å². The number of hydrogen-bond acceptors (Lipinski definition) is 2. The molecular weight excluding hydrogens is 292 g/mol. The fraction of sp³-hybridized carbons (Fsp3) is 0. The Hall–Kier alpha value is -3.26. The fourth-order valence-corrected chi connectivity index (χ4v) is 3.11. The second kappa shape index (κ2) is 5.74. The maximum atomic E-state index is 6.35. The van der Waals surface area contributed by atoms with E-state index in [0.29, 0.717) is 0 Å². The predicted molar refractivity (Wildman–Crippen MR) is 104 cm³/mol. The molecule has 24 heavy (non-hydrogen) atoms. The molecule has 0 aliphatic heterocycles. The number of hydrogen-bond donors (Lipinski definition) is 2. The standard InChI is InChI=1S/C22H18N2/c23-21-13-17(15-7-3-1-4-8-15)11-19-20(21)12-18(14-22(19)24)16-9-5-2-6-10-16/h1-14H,23-24H2. The van der Waals surface area contributed by atoms with Gasteiger partial charge in [-0.25, -0.2) is 0 Å². The molecule has 0 bridgehead atoms. The van der Waals surface area contributed by atoms with Crippen LogP contribution < -0.4 is 11.5 Å². The van der Waals surface area contributed by atoms with E-state index in [4.69, 9.17) is 11.5 Å². The van der Waals surface area contributed by atoms with Gasteiger partial charge in [0.15, 0.2) is 0 Å². The Bertz CT molecular complexity index is 921. The van der Waals surface area contributed by atoms with Crippen molar-refractivity contribution < 1.29 is 0 Å². The van der Waals surface area contributed by atoms with Crippen LogP contribution in [0.25, 0.3) is 33.0 Å². The van der Waals surface area contributed by atoms with Crippen LogP contribution in [0, 0.1) is 0 Å². The fourth-order valence-electron chi connectivity index (χ4n) is 3.11. The number of benzene rings is 4. The number of nitrogens with two attached hydrogens (primary N) is 2. The minimum Gasteiger partial charge on any atom is -0.398 e. The van der Waals surface area contributed by atoms with E-state index in [-0.39, 0.29) is 0 Å². The molecule has 116 valence electrons. The Morgan fingerprint density at radius 3 is 1.17 bits per heavy atom. The molecule has 0 aliphatic carbocycles. The van der Waals surface area contributed by atoms with E-state index in [1.54, 1.807) is 0 Å². The summed E-state index contributed by atoms with van der Waals surface area (Å²) in [5.74, 6) is 0. The van der Waals surface area contributed by atoms with E-state index in [9.17, 15) is 0 Å². The lowest BCUT2D eigenvalue weighted by molar-refractivity contribution is 1.62. The Morgan fingerprint density at radius 2 is 0.792 bits per heavy atom. The molecular formula is C22H18N2. The average molecular weight is 310 g/mol. The smallest absolute Gasteiger partial charge is 0.0400 e. The second-order valence-electron chi connectivity index (χ2n) is 5.96. The third kappa shape index (κ3) is 2.48. The zero-order valence-corrected chi connectivity index (χ0v) is 13.2. The summed E-state index contributed by atoms with van der Waals surface area (Å²) in [5, 5.41) is 1.99. The van der Waals surface area contributed by atoms with Crippen LogP contribution >= 0.6 is 0 Å². The summed E-state index contributed by atoms with van der Waals surface area (Å²) < 4.78 is 0. The van der Waals surface area contributed by atoms with Crippen LogP contribution in [-0.2, 0) is 0 Å². The van der Waals surface area contributed by atoms with E-state index >= 15 is 0 Å². The zero-order chi connectivity index (χ0) is 16.5. The van der Waals surface area contributed by atoms with Crippen molar-refractivity contribution in [2.45, 2.75) is 0 Å². The highest BCUT2D eigenvalue weighted by Gasteiger charge is 2.09.